The summed E-state index contributed by atoms with van der Waals surface area (Å²) in [5, 5.41) is 31.1. The van der Waals surface area contributed by atoms with Crippen molar-refractivity contribution in [2.75, 3.05) is 6.61 Å². The predicted octanol–water partition coefficient (Wildman–Crippen LogP) is -0.646. The number of rotatable bonds is 20. The fourth-order valence-corrected chi connectivity index (χ4v) is 4.44. The van der Waals surface area contributed by atoms with E-state index < -0.39 is 96.5 Å². The lowest BCUT2D eigenvalue weighted by Crippen LogP contribution is -2.61. The average molecular weight is 663 g/mol. The van der Waals surface area contributed by atoms with E-state index in [9.17, 15) is 38.7 Å². The third-order valence-electron chi connectivity index (χ3n) is 8.01. The summed E-state index contributed by atoms with van der Waals surface area (Å²) in [5.41, 5.74) is 6.25. The summed E-state index contributed by atoms with van der Waals surface area (Å²) >= 11 is 0. The Morgan fingerprint density at radius 2 is 1.19 bits per heavy atom. The number of nitrogens with two attached hydrogens (primary N) is 1. The second kappa shape index (κ2) is 19.9. The van der Waals surface area contributed by atoms with Gasteiger partial charge in [0, 0.05) is 6.42 Å². The Labute approximate surface area is 275 Å². The maximum absolute atomic E-state index is 13.7. The van der Waals surface area contributed by atoms with Crippen LogP contribution in [0.4, 0.5) is 0 Å². The minimum atomic E-state index is -1.62. The molecule has 9 N–H and O–H groups in total. The molecule has 0 saturated heterocycles. The zero-order valence-electron chi connectivity index (χ0n) is 27.9. The summed E-state index contributed by atoms with van der Waals surface area (Å²) in [6.45, 7) is 9.34. The van der Waals surface area contributed by atoms with Crippen molar-refractivity contribution in [1.82, 2.24) is 26.6 Å². The Bertz CT molecular complexity index is 1240. The van der Waals surface area contributed by atoms with Gasteiger partial charge < -0.3 is 42.5 Å². The third kappa shape index (κ3) is 13.4. The molecule has 8 atom stereocenters. The van der Waals surface area contributed by atoms with Gasteiger partial charge in [0.25, 0.3) is 0 Å². The van der Waals surface area contributed by atoms with Gasteiger partial charge >= 0.3 is 5.97 Å². The van der Waals surface area contributed by atoms with Crippen molar-refractivity contribution >= 4 is 41.4 Å². The van der Waals surface area contributed by atoms with Gasteiger partial charge in [-0.3, -0.25) is 33.6 Å². The fraction of sp³-hybridized carbons (Fsp3) is 0.594. The van der Waals surface area contributed by atoms with E-state index in [2.05, 4.69) is 26.6 Å². The molecule has 15 heteroatoms. The quantitative estimate of drug-likeness (QED) is 0.0883. The zero-order valence-corrected chi connectivity index (χ0v) is 27.9. The normalized spacial score (nSPS) is 16.1. The van der Waals surface area contributed by atoms with Crippen LogP contribution in [-0.4, -0.2) is 88.4 Å². The molecular weight excluding hydrogens is 612 g/mol. The zero-order chi connectivity index (χ0) is 35.8. The van der Waals surface area contributed by atoms with Gasteiger partial charge in [-0.1, -0.05) is 77.8 Å². The Kier molecular flexibility index (Phi) is 17.1. The lowest BCUT2D eigenvalue weighted by atomic mass is 9.95. The minimum absolute atomic E-state index is 0.0434. The lowest BCUT2D eigenvalue weighted by molar-refractivity contribution is -0.141. The first-order valence-corrected chi connectivity index (χ1v) is 15.7. The number of nitrogens with one attached hydrogen (secondary N) is 5. The molecule has 0 aliphatic heterocycles. The first-order chi connectivity index (χ1) is 22.1. The second-order valence-electron chi connectivity index (χ2n) is 11.9. The summed E-state index contributed by atoms with van der Waals surface area (Å²) in [6.07, 6.45) is 0.158. The summed E-state index contributed by atoms with van der Waals surface area (Å²) in [6, 6.07) is 2.60. The van der Waals surface area contributed by atoms with Crippen LogP contribution in [0.3, 0.4) is 0 Å². The maximum Gasteiger partial charge on any atom is 0.305 e. The minimum Gasteiger partial charge on any atom is -0.481 e. The van der Waals surface area contributed by atoms with Crippen molar-refractivity contribution < 1.29 is 43.8 Å². The van der Waals surface area contributed by atoms with Crippen molar-refractivity contribution in [2.45, 2.75) is 97.4 Å². The van der Waals surface area contributed by atoms with Crippen molar-refractivity contribution in [1.29, 1.82) is 0 Å². The van der Waals surface area contributed by atoms with Crippen LogP contribution in [0.5, 0.6) is 0 Å². The largest absolute Gasteiger partial charge is 0.481 e. The molecule has 0 saturated carbocycles. The number of hydrogen-bond donors (Lipinski definition) is 8. The van der Waals surface area contributed by atoms with Crippen LogP contribution in [0.15, 0.2) is 30.3 Å². The second-order valence-corrected chi connectivity index (χ2v) is 11.9. The molecular formula is C32H50N6O9. The Morgan fingerprint density at radius 1 is 0.681 bits per heavy atom. The fourth-order valence-electron chi connectivity index (χ4n) is 4.44. The van der Waals surface area contributed by atoms with E-state index in [1.54, 1.807) is 51.1 Å². The molecule has 0 fully saturated rings. The number of hydrogen-bond acceptors (Lipinski definition) is 8. The topological polar surface area (TPSA) is 246 Å². The van der Waals surface area contributed by atoms with Gasteiger partial charge in [0.1, 0.15) is 30.2 Å². The van der Waals surface area contributed by atoms with Gasteiger partial charge in [0.15, 0.2) is 0 Å². The molecule has 1 aromatic rings. The summed E-state index contributed by atoms with van der Waals surface area (Å²) in [4.78, 5) is 89.1. The molecule has 6 amide bonds. The van der Waals surface area contributed by atoms with E-state index in [-0.39, 0.29) is 12.3 Å². The number of amides is 6. The summed E-state index contributed by atoms with van der Waals surface area (Å²) < 4.78 is 0. The number of primary amides is 1. The molecule has 47 heavy (non-hydrogen) atoms. The van der Waals surface area contributed by atoms with Gasteiger partial charge in [-0.05, 0) is 24.3 Å². The van der Waals surface area contributed by atoms with Crippen LogP contribution >= 0.6 is 0 Å². The highest BCUT2D eigenvalue weighted by atomic mass is 16.4. The number of aliphatic hydroxyl groups excluding tert-OH is 1. The van der Waals surface area contributed by atoms with E-state index in [0.717, 1.165) is 0 Å². The van der Waals surface area contributed by atoms with Crippen molar-refractivity contribution in [3.8, 4) is 0 Å². The third-order valence-corrected chi connectivity index (χ3v) is 8.01. The molecule has 0 bridgehead atoms. The van der Waals surface area contributed by atoms with Gasteiger partial charge in [0.05, 0.1) is 18.9 Å². The number of carboxylic acid groups (broad SMARTS) is 1. The van der Waals surface area contributed by atoms with Gasteiger partial charge in [-0.25, -0.2) is 0 Å². The van der Waals surface area contributed by atoms with Gasteiger partial charge in [-0.2, -0.15) is 0 Å². The van der Waals surface area contributed by atoms with Crippen molar-refractivity contribution in [2.24, 2.45) is 23.5 Å². The van der Waals surface area contributed by atoms with Crippen LogP contribution in [0.25, 0.3) is 0 Å². The molecule has 0 aliphatic rings. The highest BCUT2D eigenvalue weighted by Crippen LogP contribution is 2.13. The number of aliphatic carboxylic acids is 1. The van der Waals surface area contributed by atoms with Crippen LogP contribution < -0.4 is 32.3 Å². The maximum atomic E-state index is 13.7. The number of carboxylic acids is 1. The molecule has 1 aromatic carbocycles. The van der Waals surface area contributed by atoms with E-state index >= 15 is 0 Å². The first-order valence-electron chi connectivity index (χ1n) is 15.7. The molecule has 0 aliphatic carbocycles. The number of carbonyl (C=O) groups is 7. The lowest BCUT2D eigenvalue weighted by Gasteiger charge is -2.29. The van der Waals surface area contributed by atoms with E-state index in [1.807, 2.05) is 6.92 Å². The molecule has 1 rings (SSSR count). The highest BCUT2D eigenvalue weighted by Gasteiger charge is 2.35. The summed E-state index contributed by atoms with van der Waals surface area (Å²) in [7, 11) is 0. The van der Waals surface area contributed by atoms with Crippen LogP contribution in [-0.2, 0) is 40.0 Å². The standard InChI is InChI=1S/C32H50N6O9/c1-7-17(3)25(27(33)42)37-30(45)22(14-21-12-10-9-11-13-21)36-32(47)26(18(4)8-2)38-31(46)23(15-24(40)41)35-29(44)20(6)34-28(43)19(5)16-39/h9-13,17-20,22-23,25-26,39H,7-8,14-16H2,1-6H3,(H2,33,42)(H,34,43)(H,35,44)(H,36,47)(H,37,45)(H,38,46)(H,40,41)/t17-,18-,19-,20-,22-,23-,25-,26?/m0/s1. The van der Waals surface area contributed by atoms with Gasteiger partial charge in [-0.15, -0.1) is 0 Å². The summed E-state index contributed by atoms with van der Waals surface area (Å²) in [5.74, 6) is -7.60. The number of carbonyl (C=O) groups excluding carboxylic acids is 6. The predicted molar refractivity (Wildman–Crippen MR) is 172 cm³/mol. The molecule has 0 spiro atoms. The van der Waals surface area contributed by atoms with Crippen LogP contribution in [0, 0.1) is 17.8 Å². The van der Waals surface area contributed by atoms with Crippen LogP contribution in [0.2, 0.25) is 0 Å². The SMILES string of the molecule is CC[C@H](C)C(NC(=O)[C@H](CC(=O)O)NC(=O)[C@H](C)NC(=O)[C@@H](C)CO)C(=O)N[C@@H](Cc1ccccc1)C(=O)N[C@H](C(N)=O)[C@@H](C)CC. The Morgan fingerprint density at radius 3 is 1.70 bits per heavy atom. The Hall–Kier alpha value is -4.53. The molecule has 15 nitrogen and oxygen atoms in total. The molecule has 0 heterocycles. The monoisotopic (exact) mass is 662 g/mol. The first kappa shape index (κ1) is 40.5. The molecule has 0 radical (unpaired) electrons. The number of aliphatic hydroxyl groups is 1. The van der Waals surface area contributed by atoms with Crippen LogP contribution in [0.1, 0.15) is 66.4 Å². The van der Waals surface area contributed by atoms with Crippen molar-refractivity contribution in [3.63, 3.8) is 0 Å². The van der Waals surface area contributed by atoms with E-state index in [0.29, 0.717) is 18.4 Å². The molecule has 0 aromatic heterocycles. The number of benzene rings is 1. The molecule has 262 valence electrons. The van der Waals surface area contributed by atoms with E-state index in [4.69, 9.17) is 10.8 Å². The van der Waals surface area contributed by atoms with E-state index in [1.165, 1.54) is 13.8 Å². The van der Waals surface area contributed by atoms with Crippen molar-refractivity contribution in [3.05, 3.63) is 35.9 Å². The molecule has 1 unspecified atom stereocenters. The smallest absolute Gasteiger partial charge is 0.305 e. The average Bonchev–Trinajstić information content (AvgIpc) is 3.03. The highest BCUT2D eigenvalue weighted by molar-refractivity contribution is 5.97. The van der Waals surface area contributed by atoms with Gasteiger partial charge in [0.2, 0.25) is 35.4 Å². The Balaban J connectivity index is 3.27.